The van der Waals surface area contributed by atoms with Crippen LogP contribution in [0.4, 0.5) is 5.82 Å². The molecule has 2 aliphatic rings. The molecule has 5 nitrogen and oxygen atoms in total. The number of aromatic nitrogens is 3. The van der Waals surface area contributed by atoms with Gasteiger partial charge in [0.25, 0.3) is 0 Å². The average molecular weight is 193 g/mol. The van der Waals surface area contributed by atoms with Gasteiger partial charge in [-0.1, -0.05) is 5.21 Å². The van der Waals surface area contributed by atoms with E-state index in [-0.39, 0.29) is 0 Å². The van der Waals surface area contributed by atoms with Crippen LogP contribution in [0.2, 0.25) is 0 Å². The van der Waals surface area contributed by atoms with Gasteiger partial charge >= 0.3 is 0 Å². The molecule has 0 radical (unpaired) electrons. The minimum Gasteiger partial charge on any atom is -0.350 e. The third-order valence-electron chi connectivity index (χ3n) is 3.25. The molecule has 0 aromatic carbocycles. The fourth-order valence-electron chi connectivity index (χ4n) is 2.54. The van der Waals surface area contributed by atoms with Crippen molar-refractivity contribution in [1.29, 1.82) is 0 Å². The van der Waals surface area contributed by atoms with Gasteiger partial charge in [-0.3, -0.25) is 0 Å². The lowest BCUT2D eigenvalue weighted by molar-refractivity contribution is 0.550. The summed E-state index contributed by atoms with van der Waals surface area (Å²) in [7, 11) is 0. The van der Waals surface area contributed by atoms with Crippen molar-refractivity contribution < 1.29 is 0 Å². The van der Waals surface area contributed by atoms with Crippen molar-refractivity contribution >= 4 is 5.82 Å². The number of piperazine rings is 1. The Balaban J connectivity index is 1.89. The van der Waals surface area contributed by atoms with E-state index in [0.717, 1.165) is 19.6 Å². The number of aryl methyl sites for hydroxylation is 1. The smallest absolute Gasteiger partial charge is 0.147 e. The van der Waals surface area contributed by atoms with E-state index in [1.807, 2.05) is 10.9 Å². The molecular formula is C9H15N5. The van der Waals surface area contributed by atoms with Gasteiger partial charge in [0.1, 0.15) is 5.82 Å². The van der Waals surface area contributed by atoms with Crippen LogP contribution in [0.15, 0.2) is 6.20 Å². The van der Waals surface area contributed by atoms with Gasteiger partial charge in [0.15, 0.2) is 0 Å². The first kappa shape index (κ1) is 8.23. The fraction of sp³-hybridized carbons (Fsp3) is 0.778. The van der Waals surface area contributed by atoms with Crippen LogP contribution in [0.25, 0.3) is 0 Å². The van der Waals surface area contributed by atoms with Gasteiger partial charge in [-0.15, -0.1) is 5.10 Å². The highest BCUT2D eigenvalue weighted by molar-refractivity contribution is 5.41. The molecule has 3 heterocycles. The molecule has 2 fully saturated rings. The Bertz CT molecular complexity index is 334. The summed E-state index contributed by atoms with van der Waals surface area (Å²) in [6.07, 6.45) is 3.15. The Morgan fingerprint density at radius 1 is 1.64 bits per heavy atom. The number of anilines is 1. The molecule has 0 amide bonds. The first-order valence-corrected chi connectivity index (χ1v) is 5.27. The molecule has 2 unspecified atom stereocenters. The van der Waals surface area contributed by atoms with E-state index in [2.05, 4.69) is 27.5 Å². The molecular weight excluding hydrogens is 178 g/mol. The number of nitrogens with zero attached hydrogens (tertiary/aromatic N) is 4. The lowest BCUT2D eigenvalue weighted by Crippen LogP contribution is -2.44. The molecule has 2 bridgehead atoms. The second-order valence-electron chi connectivity index (χ2n) is 4.06. The van der Waals surface area contributed by atoms with Crippen molar-refractivity contribution in [3.05, 3.63) is 6.20 Å². The van der Waals surface area contributed by atoms with Gasteiger partial charge < -0.3 is 10.2 Å². The zero-order chi connectivity index (χ0) is 9.54. The standard InChI is InChI=1S/C9H15N5/c1-2-14-9(5-11-12-14)13-6-7-3-8(13)4-10-7/h5,7-8,10H,2-4,6H2,1H3. The predicted molar refractivity (Wildman–Crippen MR) is 53.2 cm³/mol. The van der Waals surface area contributed by atoms with Gasteiger partial charge in [-0.25, -0.2) is 4.68 Å². The third kappa shape index (κ3) is 1.05. The molecule has 1 aromatic heterocycles. The van der Waals surface area contributed by atoms with E-state index in [0.29, 0.717) is 12.1 Å². The molecule has 2 aliphatic heterocycles. The maximum Gasteiger partial charge on any atom is 0.147 e. The number of hydrogen-bond acceptors (Lipinski definition) is 4. The van der Waals surface area contributed by atoms with Gasteiger partial charge in [-0.05, 0) is 13.3 Å². The van der Waals surface area contributed by atoms with Crippen LogP contribution in [0.1, 0.15) is 13.3 Å². The molecule has 0 spiro atoms. The molecule has 1 aromatic rings. The minimum absolute atomic E-state index is 0.656. The highest BCUT2D eigenvalue weighted by atomic mass is 15.5. The predicted octanol–water partition coefficient (Wildman–Crippen LogP) is -0.151. The molecule has 1 N–H and O–H groups in total. The molecule has 76 valence electrons. The number of rotatable bonds is 2. The van der Waals surface area contributed by atoms with Gasteiger partial charge in [0, 0.05) is 31.7 Å². The monoisotopic (exact) mass is 193 g/mol. The summed E-state index contributed by atoms with van der Waals surface area (Å²) >= 11 is 0. The summed E-state index contributed by atoms with van der Waals surface area (Å²) in [5.74, 6) is 1.18. The van der Waals surface area contributed by atoms with Gasteiger partial charge in [0.05, 0.1) is 6.20 Å². The molecule has 14 heavy (non-hydrogen) atoms. The van der Waals surface area contributed by atoms with Crippen LogP contribution in [-0.2, 0) is 6.54 Å². The van der Waals surface area contributed by atoms with Crippen LogP contribution in [0.3, 0.4) is 0 Å². The van der Waals surface area contributed by atoms with Crippen LogP contribution in [-0.4, -0.2) is 40.2 Å². The molecule has 2 saturated heterocycles. The summed E-state index contributed by atoms with van der Waals surface area (Å²) in [5.41, 5.74) is 0. The van der Waals surface area contributed by atoms with Gasteiger partial charge in [0.2, 0.25) is 0 Å². The van der Waals surface area contributed by atoms with E-state index in [1.54, 1.807) is 0 Å². The molecule has 0 aliphatic carbocycles. The number of hydrogen-bond donors (Lipinski definition) is 1. The summed E-state index contributed by atoms with van der Waals surface area (Å²) in [6, 6.07) is 1.34. The van der Waals surface area contributed by atoms with Crippen LogP contribution < -0.4 is 10.2 Å². The Morgan fingerprint density at radius 2 is 2.57 bits per heavy atom. The van der Waals surface area contributed by atoms with Crippen molar-refractivity contribution in [1.82, 2.24) is 20.3 Å². The van der Waals surface area contributed by atoms with Crippen LogP contribution >= 0.6 is 0 Å². The van der Waals surface area contributed by atoms with Crippen molar-refractivity contribution in [2.75, 3.05) is 18.0 Å². The second kappa shape index (κ2) is 2.95. The van der Waals surface area contributed by atoms with Crippen molar-refractivity contribution in [2.45, 2.75) is 32.0 Å². The first-order chi connectivity index (χ1) is 6.88. The highest BCUT2D eigenvalue weighted by Gasteiger charge is 2.38. The average Bonchev–Trinajstić information content (AvgIpc) is 2.92. The van der Waals surface area contributed by atoms with E-state index in [1.165, 1.54) is 12.2 Å². The maximum atomic E-state index is 4.07. The van der Waals surface area contributed by atoms with Crippen molar-refractivity contribution in [3.8, 4) is 0 Å². The third-order valence-corrected chi connectivity index (χ3v) is 3.25. The summed E-state index contributed by atoms with van der Waals surface area (Å²) in [6.45, 7) is 5.22. The van der Waals surface area contributed by atoms with Crippen LogP contribution in [0, 0.1) is 0 Å². The Kier molecular flexibility index (Phi) is 1.73. The molecule has 0 saturated carbocycles. The fourth-order valence-corrected chi connectivity index (χ4v) is 2.54. The molecule has 5 heteroatoms. The summed E-state index contributed by atoms with van der Waals surface area (Å²) in [4.78, 5) is 2.44. The minimum atomic E-state index is 0.656. The number of fused-ring (bicyclic) bond motifs is 2. The van der Waals surface area contributed by atoms with E-state index in [4.69, 9.17) is 0 Å². The van der Waals surface area contributed by atoms with E-state index in [9.17, 15) is 0 Å². The molecule has 3 rings (SSSR count). The zero-order valence-corrected chi connectivity index (χ0v) is 8.35. The summed E-state index contributed by atoms with van der Waals surface area (Å²) < 4.78 is 1.97. The first-order valence-electron chi connectivity index (χ1n) is 5.27. The lowest BCUT2D eigenvalue weighted by Gasteiger charge is -2.28. The van der Waals surface area contributed by atoms with Crippen molar-refractivity contribution in [3.63, 3.8) is 0 Å². The van der Waals surface area contributed by atoms with Crippen molar-refractivity contribution in [2.24, 2.45) is 0 Å². The SMILES string of the molecule is CCn1nncc1N1CC2CC1CN2. The Labute approximate surface area is 83.1 Å². The highest BCUT2D eigenvalue weighted by Crippen LogP contribution is 2.28. The largest absolute Gasteiger partial charge is 0.350 e. The number of nitrogens with one attached hydrogen (secondary N) is 1. The quantitative estimate of drug-likeness (QED) is 0.709. The van der Waals surface area contributed by atoms with Gasteiger partial charge in [-0.2, -0.15) is 0 Å². The Morgan fingerprint density at radius 3 is 3.21 bits per heavy atom. The zero-order valence-electron chi connectivity index (χ0n) is 8.35. The van der Waals surface area contributed by atoms with E-state index >= 15 is 0 Å². The topological polar surface area (TPSA) is 46.0 Å². The second-order valence-corrected chi connectivity index (χ2v) is 4.06. The maximum absolute atomic E-state index is 4.07. The lowest BCUT2D eigenvalue weighted by atomic mass is 10.2. The van der Waals surface area contributed by atoms with Crippen LogP contribution in [0.5, 0.6) is 0 Å². The Hall–Kier alpha value is -1.10. The van der Waals surface area contributed by atoms with E-state index < -0.39 is 0 Å². The summed E-state index contributed by atoms with van der Waals surface area (Å²) in [5, 5.41) is 11.5. The normalized spacial score (nSPS) is 30.2. The molecule has 2 atom stereocenters.